The van der Waals surface area contributed by atoms with E-state index in [-0.39, 0.29) is 5.82 Å². The molecule has 1 saturated carbocycles. The molecule has 0 unspecified atom stereocenters. The lowest BCUT2D eigenvalue weighted by atomic mass is 9.80. The lowest BCUT2D eigenvalue weighted by molar-refractivity contribution is 0.240. The lowest BCUT2D eigenvalue weighted by Crippen LogP contribution is -2.36. The van der Waals surface area contributed by atoms with Crippen LogP contribution in [0.1, 0.15) is 31.7 Å². The van der Waals surface area contributed by atoms with Crippen LogP contribution in [0.25, 0.3) is 0 Å². The number of hydrogen-bond donors (Lipinski definition) is 1. The minimum atomic E-state index is -0.161. The summed E-state index contributed by atoms with van der Waals surface area (Å²) < 4.78 is 12.7. The minimum absolute atomic E-state index is 0.161. The number of nitrogens with one attached hydrogen (secondary N) is 1. The van der Waals surface area contributed by atoms with Crippen LogP contribution in [-0.2, 0) is 6.54 Å². The first-order valence-electron chi connectivity index (χ1n) is 5.73. The van der Waals surface area contributed by atoms with Crippen molar-refractivity contribution in [3.05, 3.63) is 35.6 Å². The Morgan fingerprint density at radius 2 is 2.00 bits per heavy atom. The maximum absolute atomic E-state index is 12.7. The molecule has 0 aromatic heterocycles. The molecule has 2 rings (SSSR count). The molecule has 0 amide bonds. The molecule has 1 nitrogen and oxygen atoms in total. The van der Waals surface area contributed by atoms with Crippen molar-refractivity contribution in [1.82, 2.24) is 5.32 Å². The highest BCUT2D eigenvalue weighted by Crippen LogP contribution is 2.29. The second kappa shape index (κ2) is 4.75. The summed E-state index contributed by atoms with van der Waals surface area (Å²) >= 11 is 0. The Labute approximate surface area is 90.7 Å². The molecule has 15 heavy (non-hydrogen) atoms. The molecule has 2 heteroatoms. The van der Waals surface area contributed by atoms with Gasteiger partial charge in [0.25, 0.3) is 0 Å². The van der Waals surface area contributed by atoms with Gasteiger partial charge in [-0.05, 0) is 43.4 Å². The van der Waals surface area contributed by atoms with Crippen molar-refractivity contribution < 1.29 is 4.39 Å². The molecule has 0 aliphatic heterocycles. The Bertz CT molecular complexity index is 303. The van der Waals surface area contributed by atoms with Gasteiger partial charge < -0.3 is 5.32 Å². The van der Waals surface area contributed by atoms with E-state index in [0.29, 0.717) is 6.04 Å². The van der Waals surface area contributed by atoms with Gasteiger partial charge >= 0.3 is 0 Å². The molecule has 1 aromatic rings. The third-order valence-electron chi connectivity index (χ3n) is 3.40. The highest BCUT2D eigenvalue weighted by atomic mass is 19.1. The van der Waals surface area contributed by atoms with Crippen molar-refractivity contribution in [2.24, 2.45) is 5.92 Å². The average Bonchev–Trinajstić information content (AvgIpc) is 2.14. The molecule has 0 heterocycles. The van der Waals surface area contributed by atoms with E-state index in [1.165, 1.54) is 31.4 Å². The fraction of sp³-hybridized carbons (Fsp3) is 0.538. The topological polar surface area (TPSA) is 12.0 Å². The fourth-order valence-corrected chi connectivity index (χ4v) is 1.99. The summed E-state index contributed by atoms with van der Waals surface area (Å²) in [5, 5.41) is 3.50. The zero-order valence-corrected chi connectivity index (χ0v) is 9.17. The van der Waals surface area contributed by atoms with Crippen molar-refractivity contribution in [1.29, 1.82) is 0 Å². The average molecular weight is 207 g/mol. The number of halogens is 1. The first kappa shape index (κ1) is 10.6. The van der Waals surface area contributed by atoms with Crippen LogP contribution < -0.4 is 5.32 Å². The number of benzene rings is 1. The Hall–Kier alpha value is -0.890. The van der Waals surface area contributed by atoms with E-state index in [9.17, 15) is 4.39 Å². The highest BCUT2D eigenvalue weighted by Gasteiger charge is 2.23. The van der Waals surface area contributed by atoms with Crippen LogP contribution in [0.2, 0.25) is 0 Å². The quantitative estimate of drug-likeness (QED) is 0.800. The van der Waals surface area contributed by atoms with E-state index in [1.807, 2.05) is 12.1 Å². The van der Waals surface area contributed by atoms with Gasteiger partial charge in [-0.2, -0.15) is 0 Å². The summed E-state index contributed by atoms with van der Waals surface area (Å²) in [6.45, 7) is 3.09. The van der Waals surface area contributed by atoms with Crippen molar-refractivity contribution in [2.75, 3.05) is 0 Å². The van der Waals surface area contributed by atoms with E-state index in [4.69, 9.17) is 0 Å². The third kappa shape index (κ3) is 2.78. The Kier molecular flexibility index (Phi) is 3.37. The maximum atomic E-state index is 12.7. The molecule has 82 valence electrons. The van der Waals surface area contributed by atoms with Gasteiger partial charge in [-0.3, -0.25) is 0 Å². The van der Waals surface area contributed by atoms with E-state index in [1.54, 1.807) is 0 Å². The molecule has 1 N–H and O–H groups in total. The summed E-state index contributed by atoms with van der Waals surface area (Å²) in [4.78, 5) is 0. The van der Waals surface area contributed by atoms with Crippen LogP contribution >= 0.6 is 0 Å². The first-order valence-corrected chi connectivity index (χ1v) is 5.73. The zero-order chi connectivity index (χ0) is 10.7. The second-order valence-corrected chi connectivity index (χ2v) is 4.49. The van der Waals surface area contributed by atoms with Crippen LogP contribution in [0.5, 0.6) is 0 Å². The summed E-state index contributed by atoms with van der Waals surface area (Å²) in [6, 6.07) is 7.31. The lowest BCUT2D eigenvalue weighted by Gasteiger charge is -2.32. The van der Waals surface area contributed by atoms with Crippen LogP contribution in [-0.4, -0.2) is 6.04 Å². The number of rotatable bonds is 4. The van der Waals surface area contributed by atoms with Gasteiger partial charge in [0.1, 0.15) is 5.82 Å². The van der Waals surface area contributed by atoms with E-state index in [2.05, 4.69) is 12.2 Å². The molecule has 0 radical (unpaired) electrons. The maximum Gasteiger partial charge on any atom is 0.123 e. The van der Waals surface area contributed by atoms with Crippen molar-refractivity contribution in [3.8, 4) is 0 Å². The minimum Gasteiger partial charge on any atom is -0.310 e. The van der Waals surface area contributed by atoms with Gasteiger partial charge in [-0.25, -0.2) is 4.39 Å². The molecule has 1 aromatic carbocycles. The second-order valence-electron chi connectivity index (χ2n) is 4.49. The van der Waals surface area contributed by atoms with E-state index in [0.717, 1.165) is 18.0 Å². The molecular weight excluding hydrogens is 189 g/mol. The van der Waals surface area contributed by atoms with Crippen LogP contribution in [0.15, 0.2) is 24.3 Å². The number of hydrogen-bond acceptors (Lipinski definition) is 1. The van der Waals surface area contributed by atoms with Gasteiger partial charge in [0.15, 0.2) is 0 Å². The zero-order valence-electron chi connectivity index (χ0n) is 9.17. The van der Waals surface area contributed by atoms with E-state index < -0.39 is 0 Å². The summed E-state index contributed by atoms with van der Waals surface area (Å²) in [5.74, 6) is 0.691. The molecule has 1 fully saturated rings. The largest absolute Gasteiger partial charge is 0.310 e. The molecule has 1 aliphatic carbocycles. The normalized spacial score (nSPS) is 18.5. The van der Waals surface area contributed by atoms with Crippen molar-refractivity contribution >= 4 is 0 Å². The van der Waals surface area contributed by atoms with Crippen molar-refractivity contribution in [2.45, 2.75) is 38.8 Å². The predicted molar refractivity (Wildman–Crippen MR) is 60.0 cm³/mol. The third-order valence-corrected chi connectivity index (χ3v) is 3.40. The monoisotopic (exact) mass is 207 g/mol. The summed E-state index contributed by atoms with van der Waals surface area (Å²) in [5.41, 5.74) is 1.16. The fourth-order valence-electron chi connectivity index (χ4n) is 1.99. The summed E-state index contributed by atoms with van der Waals surface area (Å²) in [6.07, 6.45) is 4.10. The molecule has 0 saturated heterocycles. The summed E-state index contributed by atoms with van der Waals surface area (Å²) in [7, 11) is 0. The van der Waals surface area contributed by atoms with Gasteiger partial charge in [-0.15, -0.1) is 0 Å². The highest BCUT2D eigenvalue weighted by molar-refractivity contribution is 5.15. The molecular formula is C13H18FN. The van der Waals surface area contributed by atoms with E-state index >= 15 is 0 Å². The van der Waals surface area contributed by atoms with Crippen LogP contribution in [0.3, 0.4) is 0 Å². The molecule has 1 aliphatic rings. The SMILES string of the molecule is C[C@@H](NCc1ccc(F)cc1)C1CCC1. The van der Waals surface area contributed by atoms with Gasteiger partial charge in [-0.1, -0.05) is 18.6 Å². The molecule has 0 spiro atoms. The molecule has 1 atom stereocenters. The Morgan fingerprint density at radius 3 is 2.53 bits per heavy atom. The Balaban J connectivity index is 1.79. The van der Waals surface area contributed by atoms with Crippen LogP contribution in [0, 0.1) is 11.7 Å². The Morgan fingerprint density at radius 1 is 1.33 bits per heavy atom. The van der Waals surface area contributed by atoms with Crippen molar-refractivity contribution in [3.63, 3.8) is 0 Å². The van der Waals surface area contributed by atoms with Gasteiger partial charge in [0.05, 0.1) is 0 Å². The van der Waals surface area contributed by atoms with Gasteiger partial charge in [0.2, 0.25) is 0 Å². The molecule has 0 bridgehead atoms. The standard InChI is InChI=1S/C13H18FN/c1-10(12-3-2-4-12)15-9-11-5-7-13(14)8-6-11/h5-8,10,12,15H,2-4,9H2,1H3/t10-/m1/s1. The predicted octanol–water partition coefficient (Wildman–Crippen LogP) is 3.10. The smallest absolute Gasteiger partial charge is 0.123 e. The first-order chi connectivity index (χ1) is 7.25. The van der Waals surface area contributed by atoms with Crippen LogP contribution in [0.4, 0.5) is 4.39 Å². The van der Waals surface area contributed by atoms with Gasteiger partial charge in [0, 0.05) is 12.6 Å².